The molecule has 0 bridgehead atoms. The molecular formula is C19H22N4O4. The summed E-state index contributed by atoms with van der Waals surface area (Å²) in [5.74, 6) is 0.412. The summed E-state index contributed by atoms with van der Waals surface area (Å²) in [5, 5.41) is 5.47. The molecule has 1 aliphatic rings. The molecule has 0 spiro atoms. The van der Waals surface area contributed by atoms with Gasteiger partial charge >= 0.3 is 6.09 Å². The molecular weight excluding hydrogens is 348 g/mol. The van der Waals surface area contributed by atoms with Crippen LogP contribution in [0.25, 0.3) is 0 Å². The fourth-order valence-corrected chi connectivity index (χ4v) is 2.72. The summed E-state index contributed by atoms with van der Waals surface area (Å²) in [7, 11) is 0. The molecule has 0 unspecified atom stereocenters. The minimum Gasteiger partial charge on any atom is -0.450 e. The summed E-state index contributed by atoms with van der Waals surface area (Å²) >= 11 is 0. The van der Waals surface area contributed by atoms with Crippen molar-refractivity contribution in [2.45, 2.75) is 6.92 Å². The fraction of sp³-hybridized carbons (Fsp3) is 0.316. The van der Waals surface area contributed by atoms with E-state index in [9.17, 15) is 9.59 Å². The smallest absolute Gasteiger partial charge is 0.411 e. The zero-order chi connectivity index (χ0) is 19.1. The van der Waals surface area contributed by atoms with Gasteiger partial charge in [0, 0.05) is 30.7 Å². The van der Waals surface area contributed by atoms with Gasteiger partial charge in [0.25, 0.3) is 5.91 Å². The standard InChI is InChI=1S/C19H22N4O4/c1-2-27-19(25)22-15-7-5-14(6-8-15)21-18(24)16-4-3-9-20-17(16)23-10-12-26-13-11-23/h3-9H,2,10-13H2,1H3,(H,21,24)(H,22,25). The molecule has 1 fully saturated rings. The molecule has 2 N–H and O–H groups in total. The van der Waals surface area contributed by atoms with Gasteiger partial charge in [-0.2, -0.15) is 0 Å². The molecule has 2 aromatic rings. The van der Waals surface area contributed by atoms with Gasteiger partial charge in [-0.25, -0.2) is 9.78 Å². The number of amides is 2. The van der Waals surface area contributed by atoms with Crippen LogP contribution in [0.3, 0.4) is 0 Å². The van der Waals surface area contributed by atoms with E-state index in [1.54, 1.807) is 49.5 Å². The number of nitrogens with one attached hydrogen (secondary N) is 2. The van der Waals surface area contributed by atoms with Crippen LogP contribution in [0.15, 0.2) is 42.6 Å². The average molecular weight is 370 g/mol. The van der Waals surface area contributed by atoms with Crippen molar-refractivity contribution < 1.29 is 19.1 Å². The molecule has 1 aromatic carbocycles. The van der Waals surface area contributed by atoms with Crippen LogP contribution in [-0.4, -0.2) is 49.9 Å². The second-order valence-electron chi connectivity index (χ2n) is 5.85. The second kappa shape index (κ2) is 9.00. The van der Waals surface area contributed by atoms with Gasteiger partial charge < -0.3 is 19.7 Å². The minimum absolute atomic E-state index is 0.240. The Hall–Kier alpha value is -3.13. The molecule has 1 aliphatic heterocycles. The SMILES string of the molecule is CCOC(=O)Nc1ccc(NC(=O)c2cccnc2N2CCOCC2)cc1. The molecule has 27 heavy (non-hydrogen) atoms. The number of carbonyl (C=O) groups is 2. The molecule has 3 rings (SSSR count). The number of pyridine rings is 1. The van der Waals surface area contributed by atoms with E-state index in [4.69, 9.17) is 9.47 Å². The topological polar surface area (TPSA) is 92.8 Å². The molecule has 0 atom stereocenters. The van der Waals surface area contributed by atoms with E-state index in [1.165, 1.54) is 0 Å². The van der Waals surface area contributed by atoms with Crippen LogP contribution >= 0.6 is 0 Å². The number of benzene rings is 1. The van der Waals surface area contributed by atoms with E-state index in [0.29, 0.717) is 55.7 Å². The van der Waals surface area contributed by atoms with Crippen LogP contribution in [-0.2, 0) is 9.47 Å². The number of anilines is 3. The van der Waals surface area contributed by atoms with Crippen molar-refractivity contribution >= 4 is 29.2 Å². The quantitative estimate of drug-likeness (QED) is 0.841. The third kappa shape index (κ3) is 4.95. The second-order valence-corrected chi connectivity index (χ2v) is 5.85. The lowest BCUT2D eigenvalue weighted by atomic mass is 10.2. The van der Waals surface area contributed by atoms with Crippen LogP contribution in [0.5, 0.6) is 0 Å². The molecule has 0 radical (unpaired) electrons. The summed E-state index contributed by atoms with van der Waals surface area (Å²) in [5.41, 5.74) is 1.71. The van der Waals surface area contributed by atoms with E-state index in [1.807, 2.05) is 4.90 Å². The Balaban J connectivity index is 1.68. The van der Waals surface area contributed by atoms with E-state index in [-0.39, 0.29) is 5.91 Å². The minimum atomic E-state index is -0.514. The highest BCUT2D eigenvalue weighted by molar-refractivity contribution is 6.07. The maximum Gasteiger partial charge on any atom is 0.411 e. The van der Waals surface area contributed by atoms with Crippen molar-refractivity contribution in [2.24, 2.45) is 0 Å². The average Bonchev–Trinajstić information content (AvgIpc) is 2.70. The van der Waals surface area contributed by atoms with Crippen molar-refractivity contribution in [3.05, 3.63) is 48.2 Å². The van der Waals surface area contributed by atoms with Gasteiger partial charge in [0.05, 0.1) is 25.4 Å². The first-order valence-corrected chi connectivity index (χ1v) is 8.80. The number of hydrogen-bond donors (Lipinski definition) is 2. The lowest BCUT2D eigenvalue weighted by Crippen LogP contribution is -2.38. The van der Waals surface area contributed by atoms with E-state index in [2.05, 4.69) is 15.6 Å². The Morgan fingerprint density at radius 2 is 1.78 bits per heavy atom. The molecule has 0 saturated carbocycles. The first kappa shape index (κ1) is 18.7. The molecule has 2 amide bonds. The maximum absolute atomic E-state index is 12.7. The molecule has 1 aromatic heterocycles. The fourth-order valence-electron chi connectivity index (χ4n) is 2.72. The van der Waals surface area contributed by atoms with Crippen molar-refractivity contribution in [2.75, 3.05) is 48.4 Å². The van der Waals surface area contributed by atoms with Crippen LogP contribution < -0.4 is 15.5 Å². The predicted octanol–water partition coefficient (Wildman–Crippen LogP) is 2.74. The summed E-state index contributed by atoms with van der Waals surface area (Å²) in [4.78, 5) is 30.6. The molecule has 0 aliphatic carbocycles. The third-order valence-corrected chi connectivity index (χ3v) is 4.01. The van der Waals surface area contributed by atoms with Gasteiger partial charge in [0.2, 0.25) is 0 Å². The summed E-state index contributed by atoms with van der Waals surface area (Å²) in [6, 6.07) is 10.3. The van der Waals surface area contributed by atoms with E-state index < -0.39 is 6.09 Å². The van der Waals surface area contributed by atoms with Gasteiger partial charge in [-0.05, 0) is 43.3 Å². The van der Waals surface area contributed by atoms with Crippen molar-refractivity contribution in [3.63, 3.8) is 0 Å². The number of rotatable bonds is 5. The highest BCUT2D eigenvalue weighted by Crippen LogP contribution is 2.21. The Morgan fingerprint density at radius 1 is 1.11 bits per heavy atom. The highest BCUT2D eigenvalue weighted by atomic mass is 16.5. The third-order valence-electron chi connectivity index (χ3n) is 4.01. The van der Waals surface area contributed by atoms with Gasteiger partial charge in [-0.3, -0.25) is 10.1 Å². The van der Waals surface area contributed by atoms with Crippen molar-refractivity contribution in [1.82, 2.24) is 4.98 Å². The number of morpholine rings is 1. The van der Waals surface area contributed by atoms with Gasteiger partial charge in [-0.1, -0.05) is 0 Å². The number of aromatic nitrogens is 1. The first-order valence-electron chi connectivity index (χ1n) is 8.80. The zero-order valence-corrected chi connectivity index (χ0v) is 15.1. The largest absolute Gasteiger partial charge is 0.450 e. The Labute approximate surface area is 157 Å². The number of hydrogen-bond acceptors (Lipinski definition) is 6. The lowest BCUT2D eigenvalue weighted by Gasteiger charge is -2.29. The Morgan fingerprint density at radius 3 is 2.44 bits per heavy atom. The van der Waals surface area contributed by atoms with Crippen molar-refractivity contribution in [1.29, 1.82) is 0 Å². The normalized spacial score (nSPS) is 13.7. The van der Waals surface area contributed by atoms with Gasteiger partial charge in [0.1, 0.15) is 5.82 Å². The van der Waals surface area contributed by atoms with Crippen molar-refractivity contribution in [3.8, 4) is 0 Å². The molecule has 1 saturated heterocycles. The van der Waals surface area contributed by atoms with E-state index in [0.717, 1.165) is 0 Å². The molecule has 2 heterocycles. The van der Waals surface area contributed by atoms with Crippen LogP contribution in [0, 0.1) is 0 Å². The van der Waals surface area contributed by atoms with E-state index >= 15 is 0 Å². The number of carbonyl (C=O) groups excluding carboxylic acids is 2. The highest BCUT2D eigenvalue weighted by Gasteiger charge is 2.20. The van der Waals surface area contributed by atoms with Gasteiger partial charge in [0.15, 0.2) is 0 Å². The molecule has 142 valence electrons. The first-order chi connectivity index (χ1) is 13.2. The van der Waals surface area contributed by atoms with Gasteiger partial charge in [-0.15, -0.1) is 0 Å². The zero-order valence-electron chi connectivity index (χ0n) is 15.1. The number of nitrogens with zero attached hydrogens (tertiary/aromatic N) is 2. The molecule has 8 nitrogen and oxygen atoms in total. The number of ether oxygens (including phenoxy) is 2. The monoisotopic (exact) mass is 370 g/mol. The Bertz CT molecular complexity index is 789. The summed E-state index contributed by atoms with van der Waals surface area (Å²) < 4.78 is 10.2. The van der Waals surface area contributed by atoms with Crippen LogP contribution in [0.2, 0.25) is 0 Å². The summed E-state index contributed by atoms with van der Waals surface area (Å²) in [6.45, 7) is 4.68. The van der Waals surface area contributed by atoms with Crippen LogP contribution in [0.4, 0.5) is 22.0 Å². The predicted molar refractivity (Wildman–Crippen MR) is 102 cm³/mol. The maximum atomic E-state index is 12.7. The lowest BCUT2D eigenvalue weighted by molar-refractivity contribution is 0.102. The van der Waals surface area contributed by atoms with Crippen LogP contribution in [0.1, 0.15) is 17.3 Å². The molecule has 8 heteroatoms. The Kier molecular flexibility index (Phi) is 6.22. The summed E-state index contributed by atoms with van der Waals surface area (Å²) in [6.07, 6.45) is 1.16.